The molecule has 0 aliphatic rings. The summed E-state index contributed by atoms with van der Waals surface area (Å²) in [6.07, 6.45) is 2.91. The summed E-state index contributed by atoms with van der Waals surface area (Å²) in [7, 11) is 0. The van der Waals surface area contributed by atoms with Crippen molar-refractivity contribution in [3.05, 3.63) is 54.0 Å². The van der Waals surface area contributed by atoms with E-state index in [0.717, 1.165) is 0 Å². The molecule has 0 aliphatic heterocycles. The Morgan fingerprint density at radius 3 is 2.63 bits per heavy atom. The van der Waals surface area contributed by atoms with Crippen LogP contribution in [0.25, 0.3) is 0 Å². The Kier molecular flexibility index (Phi) is 4.07. The van der Waals surface area contributed by atoms with E-state index in [9.17, 15) is 4.79 Å². The minimum Gasteiger partial charge on any atom is -0.382 e. The zero-order chi connectivity index (χ0) is 13.7. The van der Waals surface area contributed by atoms with Crippen molar-refractivity contribution in [2.24, 2.45) is 0 Å². The van der Waals surface area contributed by atoms with E-state index in [2.05, 4.69) is 22.2 Å². The van der Waals surface area contributed by atoms with Gasteiger partial charge in [-0.3, -0.25) is 4.79 Å². The summed E-state index contributed by atoms with van der Waals surface area (Å²) < 4.78 is 0. The van der Waals surface area contributed by atoms with Gasteiger partial charge < -0.3 is 11.1 Å². The van der Waals surface area contributed by atoms with Crippen molar-refractivity contribution < 1.29 is 4.79 Å². The zero-order valence-corrected chi connectivity index (χ0v) is 10.7. The van der Waals surface area contributed by atoms with Gasteiger partial charge in [0.05, 0.1) is 0 Å². The van der Waals surface area contributed by atoms with Gasteiger partial charge in [0.1, 0.15) is 0 Å². The first kappa shape index (κ1) is 13.0. The molecule has 1 heterocycles. The summed E-state index contributed by atoms with van der Waals surface area (Å²) in [5.41, 5.74) is 6.95. The standard InChI is InChI=1S/C14H16N4O/c1-10(11-5-3-2-4-6-11)9-18-14(19)12-13(15)17-8-7-16-12/h2-8,10H,9H2,1H3,(H2,15,17)(H,18,19)/t10-/m0/s1. The van der Waals surface area contributed by atoms with Crippen LogP contribution in [0.4, 0.5) is 5.82 Å². The third kappa shape index (κ3) is 3.28. The van der Waals surface area contributed by atoms with Gasteiger partial charge >= 0.3 is 0 Å². The molecule has 0 bridgehead atoms. The van der Waals surface area contributed by atoms with Crippen LogP contribution < -0.4 is 11.1 Å². The highest BCUT2D eigenvalue weighted by Gasteiger charge is 2.13. The number of carbonyl (C=O) groups excluding carboxylic acids is 1. The van der Waals surface area contributed by atoms with Crippen LogP contribution in [-0.4, -0.2) is 22.4 Å². The Bertz CT molecular complexity index is 556. The van der Waals surface area contributed by atoms with Gasteiger partial charge in [-0.15, -0.1) is 0 Å². The molecule has 0 saturated heterocycles. The zero-order valence-electron chi connectivity index (χ0n) is 10.7. The van der Waals surface area contributed by atoms with Crippen molar-refractivity contribution in [3.8, 4) is 0 Å². The fraction of sp³-hybridized carbons (Fsp3) is 0.214. The molecule has 0 spiro atoms. The molecular formula is C14H16N4O. The molecule has 0 fully saturated rings. The van der Waals surface area contributed by atoms with Crippen LogP contribution in [0, 0.1) is 0 Å². The molecule has 1 amide bonds. The van der Waals surface area contributed by atoms with E-state index in [1.807, 2.05) is 30.3 Å². The molecule has 0 saturated carbocycles. The maximum Gasteiger partial charge on any atom is 0.273 e. The summed E-state index contributed by atoms with van der Waals surface area (Å²) in [6.45, 7) is 2.58. The van der Waals surface area contributed by atoms with Crippen molar-refractivity contribution >= 4 is 11.7 Å². The van der Waals surface area contributed by atoms with Gasteiger partial charge in [-0.25, -0.2) is 9.97 Å². The number of benzene rings is 1. The fourth-order valence-electron chi connectivity index (χ4n) is 1.75. The van der Waals surface area contributed by atoms with Crippen LogP contribution in [0.3, 0.4) is 0 Å². The van der Waals surface area contributed by atoms with Gasteiger partial charge in [-0.2, -0.15) is 0 Å². The number of hydrogen-bond donors (Lipinski definition) is 2. The van der Waals surface area contributed by atoms with E-state index in [1.165, 1.54) is 18.0 Å². The van der Waals surface area contributed by atoms with E-state index < -0.39 is 0 Å². The van der Waals surface area contributed by atoms with Gasteiger partial charge in [-0.05, 0) is 11.5 Å². The molecule has 1 aromatic carbocycles. The fourth-order valence-corrected chi connectivity index (χ4v) is 1.75. The molecular weight excluding hydrogens is 240 g/mol. The highest BCUT2D eigenvalue weighted by atomic mass is 16.1. The van der Waals surface area contributed by atoms with Gasteiger partial charge in [0.15, 0.2) is 11.5 Å². The number of hydrogen-bond acceptors (Lipinski definition) is 4. The maximum absolute atomic E-state index is 11.9. The first-order valence-electron chi connectivity index (χ1n) is 6.08. The summed E-state index contributed by atoms with van der Waals surface area (Å²) in [5, 5.41) is 2.82. The SMILES string of the molecule is C[C@@H](CNC(=O)c1nccnc1N)c1ccccc1. The topological polar surface area (TPSA) is 80.9 Å². The summed E-state index contributed by atoms with van der Waals surface area (Å²) >= 11 is 0. The Labute approximate surface area is 111 Å². The number of rotatable bonds is 4. The highest BCUT2D eigenvalue weighted by molar-refractivity contribution is 5.96. The van der Waals surface area contributed by atoms with Crippen LogP contribution in [-0.2, 0) is 0 Å². The molecule has 0 unspecified atom stereocenters. The number of nitrogens with two attached hydrogens (primary N) is 1. The van der Waals surface area contributed by atoms with E-state index in [-0.39, 0.29) is 23.3 Å². The Balaban J connectivity index is 1.96. The molecule has 2 aromatic rings. The number of anilines is 1. The quantitative estimate of drug-likeness (QED) is 0.870. The first-order chi connectivity index (χ1) is 9.18. The molecule has 0 aliphatic carbocycles. The van der Waals surface area contributed by atoms with Crippen molar-refractivity contribution in [3.63, 3.8) is 0 Å². The number of nitrogen functional groups attached to an aromatic ring is 1. The third-order valence-corrected chi connectivity index (χ3v) is 2.88. The normalized spacial score (nSPS) is 11.8. The predicted molar refractivity (Wildman–Crippen MR) is 73.6 cm³/mol. The van der Waals surface area contributed by atoms with Gasteiger partial charge in [0, 0.05) is 18.9 Å². The lowest BCUT2D eigenvalue weighted by atomic mass is 10.0. The molecule has 19 heavy (non-hydrogen) atoms. The van der Waals surface area contributed by atoms with Crippen molar-refractivity contribution in [2.45, 2.75) is 12.8 Å². The van der Waals surface area contributed by atoms with Gasteiger partial charge in [0.25, 0.3) is 5.91 Å². The lowest BCUT2D eigenvalue weighted by Gasteiger charge is -2.13. The smallest absolute Gasteiger partial charge is 0.273 e. The molecule has 5 nitrogen and oxygen atoms in total. The Morgan fingerprint density at radius 1 is 1.26 bits per heavy atom. The molecule has 3 N–H and O–H groups in total. The average molecular weight is 256 g/mol. The minimum absolute atomic E-state index is 0.146. The largest absolute Gasteiger partial charge is 0.382 e. The van der Waals surface area contributed by atoms with Crippen LogP contribution >= 0.6 is 0 Å². The summed E-state index contributed by atoms with van der Waals surface area (Å²) in [5.74, 6) is 0.0730. The van der Waals surface area contributed by atoms with Crippen LogP contribution in [0.2, 0.25) is 0 Å². The summed E-state index contributed by atoms with van der Waals surface area (Å²) in [4.78, 5) is 19.7. The first-order valence-corrected chi connectivity index (χ1v) is 6.08. The Hall–Kier alpha value is -2.43. The lowest BCUT2D eigenvalue weighted by Crippen LogP contribution is -2.29. The van der Waals surface area contributed by atoms with Crippen molar-refractivity contribution in [1.82, 2.24) is 15.3 Å². The van der Waals surface area contributed by atoms with E-state index >= 15 is 0 Å². The molecule has 5 heteroatoms. The average Bonchev–Trinajstić information content (AvgIpc) is 2.46. The Morgan fingerprint density at radius 2 is 1.95 bits per heavy atom. The maximum atomic E-state index is 11.9. The molecule has 98 valence electrons. The van der Waals surface area contributed by atoms with Crippen LogP contribution in [0.1, 0.15) is 28.9 Å². The molecule has 1 aromatic heterocycles. The monoisotopic (exact) mass is 256 g/mol. The molecule has 2 rings (SSSR count). The van der Waals surface area contributed by atoms with Crippen molar-refractivity contribution in [1.29, 1.82) is 0 Å². The van der Waals surface area contributed by atoms with Crippen LogP contribution in [0.5, 0.6) is 0 Å². The summed E-state index contributed by atoms with van der Waals surface area (Å²) in [6, 6.07) is 10.00. The second-order valence-electron chi connectivity index (χ2n) is 4.31. The van der Waals surface area contributed by atoms with Crippen molar-refractivity contribution in [2.75, 3.05) is 12.3 Å². The number of carbonyl (C=O) groups is 1. The second-order valence-corrected chi connectivity index (χ2v) is 4.31. The predicted octanol–water partition coefficient (Wildman–Crippen LogP) is 1.59. The second kappa shape index (κ2) is 5.95. The minimum atomic E-state index is -0.298. The van der Waals surface area contributed by atoms with Crippen LogP contribution in [0.15, 0.2) is 42.7 Å². The lowest BCUT2D eigenvalue weighted by molar-refractivity contribution is 0.0947. The highest BCUT2D eigenvalue weighted by Crippen LogP contribution is 2.13. The molecule has 1 atom stereocenters. The third-order valence-electron chi connectivity index (χ3n) is 2.88. The van der Waals surface area contributed by atoms with E-state index in [4.69, 9.17) is 5.73 Å². The number of amides is 1. The van der Waals surface area contributed by atoms with E-state index in [0.29, 0.717) is 6.54 Å². The molecule has 0 radical (unpaired) electrons. The number of nitrogens with one attached hydrogen (secondary N) is 1. The van der Waals surface area contributed by atoms with E-state index in [1.54, 1.807) is 0 Å². The van der Waals surface area contributed by atoms with Gasteiger partial charge in [0.2, 0.25) is 0 Å². The van der Waals surface area contributed by atoms with Gasteiger partial charge in [-0.1, -0.05) is 37.3 Å². The number of nitrogens with zero attached hydrogens (tertiary/aromatic N) is 2. The number of aromatic nitrogens is 2.